The first-order chi connectivity index (χ1) is 8.18. The van der Waals surface area contributed by atoms with Gasteiger partial charge in [-0.2, -0.15) is 0 Å². The van der Waals surface area contributed by atoms with Gasteiger partial charge in [0.1, 0.15) is 0 Å². The first-order valence-corrected chi connectivity index (χ1v) is 8.69. The van der Waals surface area contributed by atoms with E-state index < -0.39 is 9.84 Å². The standard InChI is InChI=1S/C13H28N2O2S/c1-11(9-15-13(2,3)4)14-7-5-12-6-8-18(16,17)10-12/h11-12,14-15H,5-10H2,1-4H3. The third-order valence-electron chi connectivity index (χ3n) is 3.31. The molecule has 0 spiro atoms. The third kappa shape index (κ3) is 6.71. The van der Waals surface area contributed by atoms with Crippen molar-refractivity contribution in [3.8, 4) is 0 Å². The van der Waals surface area contributed by atoms with Gasteiger partial charge in [-0.3, -0.25) is 0 Å². The fraction of sp³-hybridized carbons (Fsp3) is 1.00. The van der Waals surface area contributed by atoms with E-state index in [0.717, 1.165) is 25.9 Å². The first kappa shape index (κ1) is 15.9. The molecule has 1 heterocycles. The Labute approximate surface area is 112 Å². The summed E-state index contributed by atoms with van der Waals surface area (Å²) < 4.78 is 22.6. The molecule has 18 heavy (non-hydrogen) atoms. The SMILES string of the molecule is CC(CNC(C)(C)C)NCCC1CCS(=O)(=O)C1. The van der Waals surface area contributed by atoms with Crippen molar-refractivity contribution in [1.82, 2.24) is 10.6 Å². The molecular weight excluding hydrogens is 248 g/mol. The van der Waals surface area contributed by atoms with E-state index in [4.69, 9.17) is 0 Å². The molecule has 0 aromatic heterocycles. The molecule has 1 aliphatic rings. The van der Waals surface area contributed by atoms with Crippen molar-refractivity contribution in [3.63, 3.8) is 0 Å². The van der Waals surface area contributed by atoms with Gasteiger partial charge in [-0.1, -0.05) is 0 Å². The fourth-order valence-corrected chi connectivity index (χ4v) is 4.08. The van der Waals surface area contributed by atoms with Crippen LogP contribution in [0.5, 0.6) is 0 Å². The lowest BCUT2D eigenvalue weighted by Gasteiger charge is -2.24. The maximum absolute atomic E-state index is 11.3. The summed E-state index contributed by atoms with van der Waals surface area (Å²) in [5.74, 6) is 1.15. The maximum atomic E-state index is 11.3. The second-order valence-electron chi connectivity index (χ2n) is 6.54. The minimum absolute atomic E-state index is 0.148. The molecule has 2 unspecified atom stereocenters. The zero-order valence-electron chi connectivity index (χ0n) is 12.1. The highest BCUT2D eigenvalue weighted by atomic mass is 32.2. The summed E-state index contributed by atoms with van der Waals surface area (Å²) in [4.78, 5) is 0. The lowest BCUT2D eigenvalue weighted by Crippen LogP contribution is -2.44. The Morgan fingerprint density at radius 1 is 1.33 bits per heavy atom. The Hall–Kier alpha value is -0.130. The molecule has 1 rings (SSSR count). The Morgan fingerprint density at radius 3 is 2.50 bits per heavy atom. The first-order valence-electron chi connectivity index (χ1n) is 6.87. The molecule has 0 bridgehead atoms. The number of hydrogen-bond acceptors (Lipinski definition) is 4. The molecule has 0 radical (unpaired) electrons. The molecule has 0 aromatic carbocycles. The smallest absolute Gasteiger partial charge is 0.150 e. The molecular formula is C13H28N2O2S. The van der Waals surface area contributed by atoms with E-state index in [2.05, 4.69) is 38.3 Å². The number of nitrogens with one attached hydrogen (secondary N) is 2. The molecule has 4 nitrogen and oxygen atoms in total. The zero-order chi connectivity index (χ0) is 13.8. The van der Waals surface area contributed by atoms with E-state index in [-0.39, 0.29) is 5.54 Å². The molecule has 0 amide bonds. The van der Waals surface area contributed by atoms with Crippen LogP contribution in [0.15, 0.2) is 0 Å². The predicted octanol–water partition coefficient (Wildman–Crippen LogP) is 1.18. The van der Waals surface area contributed by atoms with Crippen molar-refractivity contribution < 1.29 is 8.42 Å². The van der Waals surface area contributed by atoms with Gasteiger partial charge in [-0.15, -0.1) is 0 Å². The molecule has 1 fully saturated rings. The van der Waals surface area contributed by atoms with Crippen LogP contribution in [-0.2, 0) is 9.84 Å². The van der Waals surface area contributed by atoms with Crippen molar-refractivity contribution >= 4 is 9.84 Å². The van der Waals surface area contributed by atoms with E-state index in [0.29, 0.717) is 23.5 Å². The molecule has 1 aliphatic heterocycles. The van der Waals surface area contributed by atoms with Gasteiger partial charge >= 0.3 is 0 Å². The van der Waals surface area contributed by atoms with E-state index in [1.807, 2.05) is 0 Å². The lowest BCUT2D eigenvalue weighted by molar-refractivity contribution is 0.380. The van der Waals surface area contributed by atoms with E-state index in [1.54, 1.807) is 0 Å². The summed E-state index contributed by atoms with van der Waals surface area (Å²) in [6, 6.07) is 0.419. The normalized spacial score (nSPS) is 25.2. The summed E-state index contributed by atoms with van der Waals surface area (Å²) in [6.07, 6.45) is 1.82. The summed E-state index contributed by atoms with van der Waals surface area (Å²) in [7, 11) is -2.72. The van der Waals surface area contributed by atoms with Gasteiger partial charge in [0.05, 0.1) is 11.5 Å². The summed E-state index contributed by atoms with van der Waals surface area (Å²) in [5.41, 5.74) is 0.148. The molecule has 108 valence electrons. The highest BCUT2D eigenvalue weighted by Gasteiger charge is 2.27. The minimum atomic E-state index is -2.72. The predicted molar refractivity (Wildman–Crippen MR) is 76.6 cm³/mol. The number of rotatable bonds is 6. The van der Waals surface area contributed by atoms with Crippen LogP contribution >= 0.6 is 0 Å². The van der Waals surface area contributed by atoms with Gasteiger partial charge in [-0.05, 0) is 53.0 Å². The largest absolute Gasteiger partial charge is 0.313 e. The van der Waals surface area contributed by atoms with Crippen molar-refractivity contribution in [1.29, 1.82) is 0 Å². The van der Waals surface area contributed by atoms with Crippen LogP contribution in [0.2, 0.25) is 0 Å². The zero-order valence-corrected chi connectivity index (χ0v) is 12.9. The quantitative estimate of drug-likeness (QED) is 0.765. The Balaban J connectivity index is 2.11. The fourth-order valence-electron chi connectivity index (χ4n) is 2.16. The number of hydrogen-bond donors (Lipinski definition) is 2. The maximum Gasteiger partial charge on any atom is 0.150 e. The van der Waals surface area contributed by atoms with Crippen molar-refractivity contribution in [2.24, 2.45) is 5.92 Å². The molecule has 5 heteroatoms. The van der Waals surface area contributed by atoms with E-state index in [1.165, 1.54) is 0 Å². The van der Waals surface area contributed by atoms with Crippen LogP contribution in [0.4, 0.5) is 0 Å². The van der Waals surface area contributed by atoms with Crippen LogP contribution in [0, 0.1) is 5.92 Å². The Morgan fingerprint density at radius 2 is 2.00 bits per heavy atom. The molecule has 0 saturated carbocycles. The van der Waals surface area contributed by atoms with Crippen LogP contribution in [0.3, 0.4) is 0 Å². The third-order valence-corrected chi connectivity index (χ3v) is 5.15. The monoisotopic (exact) mass is 276 g/mol. The molecule has 2 N–H and O–H groups in total. The van der Waals surface area contributed by atoms with Gasteiger partial charge in [0.25, 0.3) is 0 Å². The summed E-state index contributed by atoms with van der Waals surface area (Å²) in [5, 5.41) is 6.91. The van der Waals surface area contributed by atoms with Crippen LogP contribution in [0.1, 0.15) is 40.5 Å². The highest BCUT2D eigenvalue weighted by molar-refractivity contribution is 7.91. The van der Waals surface area contributed by atoms with Crippen molar-refractivity contribution in [2.45, 2.75) is 52.1 Å². The average molecular weight is 276 g/mol. The van der Waals surface area contributed by atoms with Crippen LogP contribution in [0.25, 0.3) is 0 Å². The molecule has 0 aromatic rings. The number of sulfone groups is 1. The average Bonchev–Trinajstić information content (AvgIpc) is 2.54. The second kappa shape index (κ2) is 6.35. The van der Waals surface area contributed by atoms with E-state index in [9.17, 15) is 8.42 Å². The second-order valence-corrected chi connectivity index (χ2v) is 8.77. The highest BCUT2D eigenvalue weighted by Crippen LogP contribution is 2.20. The van der Waals surface area contributed by atoms with Crippen molar-refractivity contribution in [3.05, 3.63) is 0 Å². The van der Waals surface area contributed by atoms with Gasteiger partial charge in [0.15, 0.2) is 9.84 Å². The van der Waals surface area contributed by atoms with Gasteiger partial charge in [-0.25, -0.2) is 8.42 Å². The van der Waals surface area contributed by atoms with Gasteiger partial charge in [0.2, 0.25) is 0 Å². The van der Waals surface area contributed by atoms with Gasteiger partial charge in [0, 0.05) is 18.1 Å². The Bertz CT molecular complexity index is 346. The van der Waals surface area contributed by atoms with Crippen molar-refractivity contribution in [2.75, 3.05) is 24.6 Å². The van der Waals surface area contributed by atoms with Gasteiger partial charge < -0.3 is 10.6 Å². The van der Waals surface area contributed by atoms with Crippen LogP contribution < -0.4 is 10.6 Å². The molecule has 2 atom stereocenters. The minimum Gasteiger partial charge on any atom is -0.313 e. The molecule has 0 aliphatic carbocycles. The van der Waals surface area contributed by atoms with E-state index >= 15 is 0 Å². The lowest BCUT2D eigenvalue weighted by atomic mass is 10.1. The molecule has 1 saturated heterocycles. The summed E-state index contributed by atoms with van der Waals surface area (Å²) in [6.45, 7) is 10.5. The topological polar surface area (TPSA) is 58.2 Å². The van der Waals surface area contributed by atoms with Crippen LogP contribution in [-0.4, -0.2) is 44.6 Å². The summed E-state index contributed by atoms with van der Waals surface area (Å²) >= 11 is 0. The Kier molecular flexibility index (Phi) is 5.62.